The number of nitrogens with zero attached hydrogens (tertiary/aromatic N) is 3. The van der Waals surface area contributed by atoms with E-state index in [1.54, 1.807) is 6.92 Å². The predicted octanol–water partition coefficient (Wildman–Crippen LogP) is 1.79. The first-order valence-corrected chi connectivity index (χ1v) is 8.07. The monoisotopic (exact) mass is 291 g/mol. The van der Waals surface area contributed by atoms with Crippen molar-refractivity contribution in [1.82, 2.24) is 15.2 Å². The van der Waals surface area contributed by atoms with Crippen LogP contribution in [0.1, 0.15) is 38.6 Å². The summed E-state index contributed by atoms with van der Waals surface area (Å²) in [6, 6.07) is 0. The zero-order chi connectivity index (χ0) is 13.8. The molecule has 0 aromatic carbocycles. The van der Waals surface area contributed by atoms with Crippen LogP contribution in [0.15, 0.2) is 5.16 Å². The van der Waals surface area contributed by atoms with Gasteiger partial charge in [-0.05, 0) is 26.2 Å². The fourth-order valence-corrected chi connectivity index (χ4v) is 3.17. The van der Waals surface area contributed by atoms with E-state index in [4.69, 9.17) is 11.6 Å². The van der Waals surface area contributed by atoms with Gasteiger partial charge in [0.15, 0.2) is 0 Å². The molecule has 0 saturated heterocycles. The molecule has 0 spiro atoms. The summed E-state index contributed by atoms with van der Waals surface area (Å²) in [4.78, 5) is 4.13. The molecule has 1 atom stereocenters. The van der Waals surface area contributed by atoms with Crippen molar-refractivity contribution in [2.75, 3.05) is 5.88 Å². The maximum Gasteiger partial charge on any atom is 0.267 e. The molecule has 1 aromatic rings. The number of halogens is 1. The van der Waals surface area contributed by atoms with Crippen LogP contribution in [0.2, 0.25) is 0 Å². The standard InChI is InChI=1S/C11H18ClN3O2S/c1-4-9-10(5-2)14-15-11(13-9)18(16,17)8(3)6-7-12/h8H,4-7H2,1-3H3. The highest BCUT2D eigenvalue weighted by molar-refractivity contribution is 7.91. The van der Waals surface area contributed by atoms with Gasteiger partial charge in [-0.3, -0.25) is 0 Å². The first-order valence-electron chi connectivity index (χ1n) is 5.99. The summed E-state index contributed by atoms with van der Waals surface area (Å²) in [6.45, 7) is 5.47. The lowest BCUT2D eigenvalue weighted by Gasteiger charge is -2.11. The minimum atomic E-state index is -3.53. The van der Waals surface area contributed by atoms with Crippen molar-refractivity contribution in [3.63, 3.8) is 0 Å². The maximum atomic E-state index is 12.2. The largest absolute Gasteiger partial charge is 0.267 e. The lowest BCUT2D eigenvalue weighted by molar-refractivity contribution is 0.564. The predicted molar refractivity (Wildman–Crippen MR) is 70.6 cm³/mol. The number of hydrogen-bond acceptors (Lipinski definition) is 5. The molecule has 0 saturated carbocycles. The Morgan fingerprint density at radius 1 is 1.17 bits per heavy atom. The molecule has 1 aromatic heterocycles. The molecule has 0 aliphatic heterocycles. The Hall–Kier alpha value is -0.750. The lowest BCUT2D eigenvalue weighted by atomic mass is 10.2. The van der Waals surface area contributed by atoms with E-state index < -0.39 is 15.1 Å². The number of sulfone groups is 1. The van der Waals surface area contributed by atoms with Crippen molar-refractivity contribution in [1.29, 1.82) is 0 Å². The summed E-state index contributed by atoms with van der Waals surface area (Å²) in [5.74, 6) is 0.293. The Morgan fingerprint density at radius 2 is 1.78 bits per heavy atom. The second-order valence-corrected chi connectivity index (χ2v) is 6.67. The molecule has 1 heterocycles. The van der Waals surface area contributed by atoms with E-state index in [1.807, 2.05) is 13.8 Å². The second-order valence-electron chi connectivity index (χ2n) is 4.03. The summed E-state index contributed by atoms with van der Waals surface area (Å²) in [6.07, 6.45) is 1.72. The van der Waals surface area contributed by atoms with Gasteiger partial charge in [0, 0.05) is 5.88 Å². The molecular weight excluding hydrogens is 274 g/mol. The first kappa shape index (κ1) is 15.3. The second kappa shape index (κ2) is 6.43. The van der Waals surface area contributed by atoms with Gasteiger partial charge in [-0.2, -0.15) is 5.10 Å². The summed E-state index contributed by atoms with van der Waals surface area (Å²) in [5, 5.41) is 6.92. The highest BCUT2D eigenvalue weighted by atomic mass is 35.5. The minimum Gasteiger partial charge on any atom is -0.220 e. The number of rotatable bonds is 6. The third-order valence-corrected chi connectivity index (χ3v) is 4.98. The van der Waals surface area contributed by atoms with Crippen molar-refractivity contribution in [3.05, 3.63) is 11.4 Å². The fourth-order valence-electron chi connectivity index (χ4n) is 1.53. The van der Waals surface area contributed by atoms with E-state index in [2.05, 4.69) is 15.2 Å². The van der Waals surface area contributed by atoms with E-state index in [0.717, 1.165) is 5.69 Å². The molecule has 0 bridgehead atoms. The van der Waals surface area contributed by atoms with Gasteiger partial charge in [-0.1, -0.05) is 13.8 Å². The highest BCUT2D eigenvalue weighted by Gasteiger charge is 2.27. The maximum absolute atomic E-state index is 12.2. The zero-order valence-electron chi connectivity index (χ0n) is 10.9. The zero-order valence-corrected chi connectivity index (χ0v) is 12.4. The molecule has 0 fully saturated rings. The Kier molecular flexibility index (Phi) is 5.47. The smallest absolute Gasteiger partial charge is 0.220 e. The Labute approximate surface area is 113 Å². The van der Waals surface area contributed by atoms with Gasteiger partial charge in [0.1, 0.15) is 0 Å². The van der Waals surface area contributed by atoms with Crippen molar-refractivity contribution in [3.8, 4) is 0 Å². The topological polar surface area (TPSA) is 72.8 Å². The van der Waals surface area contributed by atoms with Gasteiger partial charge in [0.25, 0.3) is 5.16 Å². The molecule has 102 valence electrons. The summed E-state index contributed by atoms with van der Waals surface area (Å²) in [7, 11) is -3.53. The van der Waals surface area contributed by atoms with Gasteiger partial charge in [0.05, 0.1) is 16.6 Å². The third kappa shape index (κ3) is 3.17. The van der Waals surface area contributed by atoms with E-state index in [9.17, 15) is 8.42 Å². The third-order valence-electron chi connectivity index (χ3n) is 2.79. The molecule has 7 heteroatoms. The molecular formula is C11H18ClN3O2S. The fraction of sp³-hybridized carbons (Fsp3) is 0.727. The van der Waals surface area contributed by atoms with Crippen molar-refractivity contribution >= 4 is 21.4 Å². The van der Waals surface area contributed by atoms with E-state index >= 15 is 0 Å². The van der Waals surface area contributed by atoms with Crippen LogP contribution in [0, 0.1) is 0 Å². The molecule has 18 heavy (non-hydrogen) atoms. The van der Waals surface area contributed by atoms with Crippen LogP contribution in [-0.2, 0) is 22.7 Å². The van der Waals surface area contributed by atoms with Gasteiger partial charge >= 0.3 is 0 Å². The molecule has 0 aliphatic carbocycles. The lowest BCUT2D eigenvalue weighted by Crippen LogP contribution is -2.22. The number of alkyl halides is 1. The SMILES string of the molecule is CCc1nnc(S(=O)(=O)C(C)CCCl)nc1CC. The minimum absolute atomic E-state index is 0.186. The number of aromatic nitrogens is 3. The molecule has 0 radical (unpaired) electrons. The summed E-state index contributed by atoms with van der Waals surface area (Å²) in [5.41, 5.74) is 1.45. The van der Waals surface area contributed by atoms with Crippen LogP contribution in [0.4, 0.5) is 0 Å². The highest BCUT2D eigenvalue weighted by Crippen LogP contribution is 2.16. The van der Waals surface area contributed by atoms with Gasteiger partial charge in [0.2, 0.25) is 9.84 Å². The normalized spacial score (nSPS) is 13.6. The molecule has 1 unspecified atom stereocenters. The first-order chi connectivity index (χ1) is 8.47. The van der Waals surface area contributed by atoms with Crippen LogP contribution in [0.25, 0.3) is 0 Å². The van der Waals surface area contributed by atoms with Crippen LogP contribution >= 0.6 is 11.6 Å². The molecule has 0 amide bonds. The van der Waals surface area contributed by atoms with Crippen LogP contribution < -0.4 is 0 Å². The van der Waals surface area contributed by atoms with E-state index in [1.165, 1.54) is 0 Å². The Balaban J connectivity index is 3.17. The molecule has 0 aliphatic rings. The van der Waals surface area contributed by atoms with Crippen molar-refractivity contribution in [2.24, 2.45) is 0 Å². The summed E-state index contributed by atoms with van der Waals surface area (Å²) >= 11 is 5.58. The van der Waals surface area contributed by atoms with E-state index in [-0.39, 0.29) is 5.16 Å². The number of aryl methyl sites for hydroxylation is 2. The van der Waals surface area contributed by atoms with Crippen LogP contribution in [-0.4, -0.2) is 34.7 Å². The van der Waals surface area contributed by atoms with Crippen LogP contribution in [0.3, 0.4) is 0 Å². The average molecular weight is 292 g/mol. The van der Waals surface area contributed by atoms with Gasteiger partial charge < -0.3 is 0 Å². The molecule has 1 rings (SSSR count). The Bertz CT molecular complexity index is 505. The quantitative estimate of drug-likeness (QED) is 0.747. The van der Waals surface area contributed by atoms with Crippen molar-refractivity contribution in [2.45, 2.75) is 50.4 Å². The number of hydrogen-bond donors (Lipinski definition) is 0. The Morgan fingerprint density at radius 3 is 2.28 bits per heavy atom. The van der Waals surface area contributed by atoms with E-state index in [0.29, 0.717) is 30.8 Å². The molecule has 0 N–H and O–H groups in total. The summed E-state index contributed by atoms with van der Waals surface area (Å²) < 4.78 is 24.3. The van der Waals surface area contributed by atoms with Crippen LogP contribution in [0.5, 0.6) is 0 Å². The van der Waals surface area contributed by atoms with Crippen molar-refractivity contribution < 1.29 is 8.42 Å². The average Bonchev–Trinajstić information content (AvgIpc) is 2.38. The van der Waals surface area contributed by atoms with Gasteiger partial charge in [-0.15, -0.1) is 16.7 Å². The molecule has 5 nitrogen and oxygen atoms in total. The van der Waals surface area contributed by atoms with Gasteiger partial charge in [-0.25, -0.2) is 13.4 Å².